The summed E-state index contributed by atoms with van der Waals surface area (Å²) in [7, 11) is 0. The van der Waals surface area contributed by atoms with Crippen molar-refractivity contribution in [2.75, 3.05) is 5.75 Å². The van der Waals surface area contributed by atoms with Crippen LogP contribution in [0.4, 0.5) is 0 Å². The number of carbonyl (C=O) groups excluding carboxylic acids is 1. The monoisotopic (exact) mass is 463 g/mol. The average molecular weight is 464 g/mol. The Morgan fingerprint density at radius 1 is 1.28 bits per heavy atom. The van der Waals surface area contributed by atoms with Gasteiger partial charge in [-0.05, 0) is 36.3 Å². The van der Waals surface area contributed by atoms with Crippen LogP contribution in [0.3, 0.4) is 0 Å². The Balaban J connectivity index is 1.35. The summed E-state index contributed by atoms with van der Waals surface area (Å²) >= 11 is 3.19. The Kier molecular flexibility index (Phi) is 4.83. The standard InChI is InChI=1S/C22H21N7OS2/c1-13-7-8-16-15(9-13)18-19-24-12-25-29(19)21-26-27-22(28(21)20(18)32-16)31-11-17(30)23-10-14-5-3-2-4-6-14/h2-6,12-13H,7-11H2,1H3,(H,23,30). The van der Waals surface area contributed by atoms with Crippen molar-refractivity contribution < 1.29 is 4.79 Å². The summed E-state index contributed by atoms with van der Waals surface area (Å²) in [5.41, 5.74) is 3.30. The predicted molar refractivity (Wildman–Crippen MR) is 125 cm³/mol. The molecule has 1 aliphatic carbocycles. The van der Waals surface area contributed by atoms with Crippen LogP contribution in [0.25, 0.3) is 21.6 Å². The quantitative estimate of drug-likeness (QED) is 0.401. The molecule has 0 bridgehead atoms. The molecule has 0 saturated heterocycles. The maximum Gasteiger partial charge on any atom is 0.260 e. The van der Waals surface area contributed by atoms with E-state index in [1.165, 1.54) is 28.6 Å². The second kappa shape index (κ2) is 7.86. The van der Waals surface area contributed by atoms with Crippen molar-refractivity contribution in [2.24, 2.45) is 5.92 Å². The number of rotatable bonds is 5. The third-order valence-corrected chi connectivity index (χ3v) is 8.14. The number of thiophene rings is 1. The van der Waals surface area contributed by atoms with Crippen LogP contribution in [0.1, 0.15) is 29.3 Å². The zero-order valence-corrected chi connectivity index (χ0v) is 19.1. The molecular weight excluding hydrogens is 442 g/mol. The van der Waals surface area contributed by atoms with Crippen molar-refractivity contribution in [3.63, 3.8) is 0 Å². The highest BCUT2D eigenvalue weighted by atomic mass is 32.2. The summed E-state index contributed by atoms with van der Waals surface area (Å²) in [6.45, 7) is 2.82. The zero-order valence-electron chi connectivity index (χ0n) is 17.5. The van der Waals surface area contributed by atoms with E-state index in [-0.39, 0.29) is 11.7 Å². The molecule has 0 spiro atoms. The molecule has 0 radical (unpaired) electrons. The normalized spacial score (nSPS) is 16.1. The third-order valence-electron chi connectivity index (χ3n) is 5.93. The smallest absolute Gasteiger partial charge is 0.260 e. The van der Waals surface area contributed by atoms with Crippen molar-refractivity contribution in [2.45, 2.75) is 37.9 Å². The van der Waals surface area contributed by atoms with Gasteiger partial charge in [-0.3, -0.25) is 4.79 Å². The van der Waals surface area contributed by atoms with Gasteiger partial charge in [-0.1, -0.05) is 49.0 Å². The minimum absolute atomic E-state index is 0.0343. The number of nitrogens with one attached hydrogen (secondary N) is 1. The highest BCUT2D eigenvalue weighted by Crippen LogP contribution is 2.40. The van der Waals surface area contributed by atoms with E-state index in [1.54, 1.807) is 22.2 Å². The van der Waals surface area contributed by atoms with Crippen molar-refractivity contribution in [3.8, 4) is 0 Å². The van der Waals surface area contributed by atoms with Gasteiger partial charge in [0.15, 0.2) is 10.8 Å². The minimum atomic E-state index is -0.0343. The first kappa shape index (κ1) is 19.7. The Morgan fingerprint density at radius 2 is 2.16 bits per heavy atom. The number of aromatic nitrogens is 6. The third kappa shape index (κ3) is 3.25. The van der Waals surface area contributed by atoms with E-state index in [9.17, 15) is 4.79 Å². The Labute approximate surface area is 192 Å². The van der Waals surface area contributed by atoms with Crippen LogP contribution in [0.5, 0.6) is 0 Å². The highest BCUT2D eigenvalue weighted by Gasteiger charge is 2.26. The molecule has 1 atom stereocenters. The van der Waals surface area contributed by atoms with Gasteiger partial charge < -0.3 is 5.32 Å². The maximum absolute atomic E-state index is 12.5. The summed E-state index contributed by atoms with van der Waals surface area (Å²) in [4.78, 5) is 19.5. The predicted octanol–water partition coefficient (Wildman–Crippen LogP) is 3.52. The first-order chi connectivity index (χ1) is 15.7. The summed E-state index contributed by atoms with van der Waals surface area (Å²) in [6.07, 6.45) is 4.92. The van der Waals surface area contributed by atoms with E-state index >= 15 is 0 Å². The van der Waals surface area contributed by atoms with Crippen LogP contribution in [-0.4, -0.2) is 40.9 Å². The topological polar surface area (TPSA) is 89.5 Å². The number of amides is 1. The van der Waals surface area contributed by atoms with E-state index in [4.69, 9.17) is 0 Å². The molecule has 8 nitrogen and oxygen atoms in total. The number of aryl methyl sites for hydroxylation is 1. The summed E-state index contributed by atoms with van der Waals surface area (Å²) in [5, 5.41) is 18.0. The second-order valence-corrected chi connectivity index (χ2v) is 10.2. The van der Waals surface area contributed by atoms with E-state index in [1.807, 2.05) is 34.7 Å². The zero-order chi connectivity index (χ0) is 21.7. The van der Waals surface area contributed by atoms with Gasteiger partial charge in [0.1, 0.15) is 11.2 Å². The summed E-state index contributed by atoms with van der Waals surface area (Å²) < 4.78 is 3.81. The van der Waals surface area contributed by atoms with Crippen LogP contribution >= 0.6 is 23.1 Å². The lowest BCUT2D eigenvalue weighted by molar-refractivity contribution is -0.118. The average Bonchev–Trinajstić information content (AvgIpc) is 3.52. The van der Waals surface area contributed by atoms with Gasteiger partial charge in [0.05, 0.1) is 11.1 Å². The molecule has 1 N–H and O–H groups in total. The van der Waals surface area contributed by atoms with E-state index in [0.717, 1.165) is 34.3 Å². The first-order valence-electron chi connectivity index (χ1n) is 10.6. The number of carbonyl (C=O) groups is 1. The van der Waals surface area contributed by atoms with Crippen LogP contribution in [0.2, 0.25) is 0 Å². The molecular formula is C22H21N7OS2. The van der Waals surface area contributed by atoms with Gasteiger partial charge in [-0.25, -0.2) is 9.38 Å². The number of hydrogen-bond acceptors (Lipinski definition) is 7. The van der Waals surface area contributed by atoms with Crippen LogP contribution in [0, 0.1) is 5.92 Å². The molecule has 1 aromatic carbocycles. The van der Waals surface area contributed by atoms with E-state index < -0.39 is 0 Å². The first-order valence-corrected chi connectivity index (χ1v) is 12.4. The lowest BCUT2D eigenvalue weighted by Gasteiger charge is -2.17. The van der Waals surface area contributed by atoms with Crippen LogP contribution < -0.4 is 5.32 Å². The number of thioether (sulfide) groups is 1. The van der Waals surface area contributed by atoms with Crippen molar-refractivity contribution >= 4 is 50.6 Å². The van der Waals surface area contributed by atoms with Crippen LogP contribution in [0.15, 0.2) is 41.8 Å². The molecule has 0 fully saturated rings. The number of benzene rings is 1. The fourth-order valence-corrected chi connectivity index (χ4v) is 6.50. The lowest BCUT2D eigenvalue weighted by atomic mass is 9.89. The Bertz CT molecular complexity index is 1450. The fourth-order valence-electron chi connectivity index (χ4n) is 4.34. The van der Waals surface area contributed by atoms with Crippen molar-refractivity contribution in [1.29, 1.82) is 0 Å². The second-order valence-electron chi connectivity index (χ2n) is 8.20. The van der Waals surface area contributed by atoms with Gasteiger partial charge >= 0.3 is 0 Å². The molecule has 10 heteroatoms. The maximum atomic E-state index is 12.5. The molecule has 1 unspecified atom stereocenters. The number of fused-ring (bicyclic) bond motifs is 8. The van der Waals surface area contributed by atoms with Crippen LogP contribution in [-0.2, 0) is 24.2 Å². The molecule has 6 rings (SSSR count). The molecule has 0 saturated carbocycles. The van der Waals surface area contributed by atoms with Gasteiger partial charge in [0, 0.05) is 11.4 Å². The minimum Gasteiger partial charge on any atom is -0.351 e. The number of nitrogens with zero attached hydrogens (tertiary/aromatic N) is 6. The SMILES string of the molecule is CC1CCc2sc3c(c2C1)c1ncnn1c1nnc(SCC(=O)NCc2ccccc2)n31. The molecule has 32 heavy (non-hydrogen) atoms. The molecule has 1 amide bonds. The Morgan fingerprint density at radius 3 is 3.03 bits per heavy atom. The van der Waals surface area contributed by atoms with E-state index in [2.05, 4.69) is 32.5 Å². The summed E-state index contributed by atoms with van der Waals surface area (Å²) in [5.74, 6) is 1.52. The molecule has 0 aliphatic heterocycles. The van der Waals surface area contributed by atoms with Crippen molar-refractivity contribution in [1.82, 2.24) is 34.5 Å². The Hall–Kier alpha value is -2.98. The molecule has 4 heterocycles. The summed E-state index contributed by atoms with van der Waals surface area (Å²) in [6, 6.07) is 9.90. The van der Waals surface area contributed by atoms with E-state index in [0.29, 0.717) is 23.4 Å². The van der Waals surface area contributed by atoms with Gasteiger partial charge in [-0.2, -0.15) is 9.61 Å². The van der Waals surface area contributed by atoms with Gasteiger partial charge in [0.2, 0.25) is 5.91 Å². The fraction of sp³-hybridized carbons (Fsp3) is 0.318. The molecule has 5 aromatic rings. The van der Waals surface area contributed by atoms with Gasteiger partial charge in [0.25, 0.3) is 5.78 Å². The molecule has 1 aliphatic rings. The lowest BCUT2D eigenvalue weighted by Crippen LogP contribution is -2.24. The highest BCUT2D eigenvalue weighted by molar-refractivity contribution is 7.99. The largest absolute Gasteiger partial charge is 0.351 e. The van der Waals surface area contributed by atoms with Gasteiger partial charge in [-0.15, -0.1) is 21.5 Å². The van der Waals surface area contributed by atoms with Crippen molar-refractivity contribution in [3.05, 3.63) is 52.7 Å². The molecule has 4 aromatic heterocycles. The molecule has 162 valence electrons. The number of hydrogen-bond donors (Lipinski definition) is 1.